The summed E-state index contributed by atoms with van der Waals surface area (Å²) in [4.78, 5) is 7.90. The van der Waals surface area contributed by atoms with Gasteiger partial charge in [0.1, 0.15) is 0 Å². The zero-order chi connectivity index (χ0) is 38.8. The Labute approximate surface area is 335 Å². The second-order valence-corrected chi connectivity index (χ2v) is 19.4. The minimum absolute atomic E-state index is 0.0524. The van der Waals surface area contributed by atoms with Gasteiger partial charge in [-0.3, -0.25) is 0 Å². The van der Waals surface area contributed by atoms with Crippen LogP contribution in [0.3, 0.4) is 0 Å². The molecule has 2 atom stereocenters. The van der Waals surface area contributed by atoms with Crippen LogP contribution in [-0.4, -0.2) is 12.3 Å². The van der Waals surface area contributed by atoms with Crippen molar-refractivity contribution in [1.82, 2.24) is 0 Å². The molecule has 56 heavy (non-hydrogen) atoms. The number of nitrogens with zero attached hydrogens (tertiary/aromatic N) is 3. The topological polar surface area (TPSA) is 9.72 Å². The maximum absolute atomic E-state index is 2.84. The average Bonchev–Trinajstić information content (AvgIpc) is 3.40. The number of para-hydroxylation sites is 3. The second-order valence-electron chi connectivity index (χ2n) is 19.4. The highest BCUT2D eigenvalue weighted by Crippen LogP contribution is 2.62. The van der Waals surface area contributed by atoms with E-state index in [-0.39, 0.29) is 28.5 Å². The molecule has 0 radical (unpaired) electrons. The van der Waals surface area contributed by atoms with Crippen molar-refractivity contribution in [3.63, 3.8) is 0 Å². The minimum Gasteiger partial charge on any atom is -0.335 e. The van der Waals surface area contributed by atoms with Crippen molar-refractivity contribution in [2.45, 2.75) is 103 Å². The third-order valence-electron chi connectivity index (χ3n) is 14.1. The first kappa shape index (κ1) is 35.2. The number of hydrogen-bond acceptors (Lipinski definition) is 3. The zero-order valence-corrected chi connectivity index (χ0v) is 34.4. The molecule has 0 saturated heterocycles. The predicted octanol–water partition coefficient (Wildman–Crippen LogP) is 12.1. The SMILES string of the molecule is CC(C)(C)c1ccc(N(c2ccc(C(C)(C)C)cc2)c2cc3c4c(c2)N2c5c(cccc5C5(C)CCCCC25C)B4c2ccccc2N3c2ccccc2)cc1. The summed E-state index contributed by atoms with van der Waals surface area (Å²) in [5.74, 6) is 0. The molecular formula is C52H54BN3. The molecule has 1 aliphatic carbocycles. The van der Waals surface area contributed by atoms with Crippen molar-refractivity contribution in [2.24, 2.45) is 0 Å². The van der Waals surface area contributed by atoms with Gasteiger partial charge in [0.2, 0.25) is 0 Å². The Morgan fingerprint density at radius 2 is 1.12 bits per heavy atom. The Balaban J connectivity index is 1.30. The summed E-state index contributed by atoms with van der Waals surface area (Å²) in [6.07, 6.45) is 4.91. The van der Waals surface area contributed by atoms with Crippen LogP contribution in [0.15, 0.2) is 133 Å². The third kappa shape index (κ3) is 4.97. The lowest BCUT2D eigenvalue weighted by atomic mass is 9.33. The number of benzene rings is 6. The van der Waals surface area contributed by atoms with Crippen LogP contribution in [0.1, 0.15) is 97.8 Å². The van der Waals surface area contributed by atoms with Crippen LogP contribution < -0.4 is 31.1 Å². The molecule has 4 aliphatic rings. The Hall–Kier alpha value is -5.22. The van der Waals surface area contributed by atoms with Gasteiger partial charge in [0, 0.05) is 45.2 Å². The van der Waals surface area contributed by atoms with Crippen molar-refractivity contribution in [1.29, 1.82) is 0 Å². The minimum atomic E-state index is -0.0524. The van der Waals surface area contributed by atoms with Gasteiger partial charge in [-0.05, 0) is 118 Å². The Morgan fingerprint density at radius 3 is 1.77 bits per heavy atom. The second kappa shape index (κ2) is 12.1. The van der Waals surface area contributed by atoms with Crippen molar-refractivity contribution >= 4 is 68.6 Å². The summed E-state index contributed by atoms with van der Waals surface area (Å²) in [7, 11) is 0. The third-order valence-corrected chi connectivity index (χ3v) is 14.1. The van der Waals surface area contributed by atoms with Crippen LogP contribution in [0.2, 0.25) is 0 Å². The maximum Gasteiger partial charge on any atom is 0.252 e. The number of hydrogen-bond donors (Lipinski definition) is 0. The summed E-state index contributed by atoms with van der Waals surface area (Å²) in [5, 5.41) is 0. The molecule has 280 valence electrons. The smallest absolute Gasteiger partial charge is 0.252 e. The predicted molar refractivity (Wildman–Crippen MR) is 241 cm³/mol. The normalized spacial score (nSPS) is 20.6. The van der Waals surface area contributed by atoms with Crippen LogP contribution >= 0.6 is 0 Å². The van der Waals surface area contributed by atoms with E-state index in [1.54, 1.807) is 0 Å². The summed E-state index contributed by atoms with van der Waals surface area (Å²) in [6, 6.07) is 51.2. The fraction of sp³-hybridized carbons (Fsp3) is 0.308. The molecule has 3 nitrogen and oxygen atoms in total. The number of anilines is 8. The molecule has 6 aromatic carbocycles. The summed E-state index contributed by atoms with van der Waals surface area (Å²) in [5.41, 5.74) is 18.6. The van der Waals surface area contributed by atoms with E-state index in [1.807, 2.05) is 0 Å². The van der Waals surface area contributed by atoms with Crippen LogP contribution in [0.5, 0.6) is 0 Å². The molecule has 1 saturated carbocycles. The molecule has 4 heteroatoms. The highest BCUT2D eigenvalue weighted by atomic mass is 15.3. The fourth-order valence-corrected chi connectivity index (χ4v) is 10.9. The first-order valence-corrected chi connectivity index (χ1v) is 20.9. The van der Waals surface area contributed by atoms with Gasteiger partial charge in [-0.25, -0.2) is 0 Å². The van der Waals surface area contributed by atoms with E-state index in [4.69, 9.17) is 0 Å². The van der Waals surface area contributed by atoms with Crippen molar-refractivity contribution in [2.75, 3.05) is 14.7 Å². The van der Waals surface area contributed by atoms with Gasteiger partial charge in [0.15, 0.2) is 0 Å². The van der Waals surface area contributed by atoms with Gasteiger partial charge in [-0.1, -0.05) is 140 Å². The van der Waals surface area contributed by atoms with Crippen molar-refractivity contribution in [3.05, 3.63) is 150 Å². The van der Waals surface area contributed by atoms with Crippen molar-refractivity contribution < 1.29 is 0 Å². The number of fused-ring (bicyclic) bond motifs is 7. The average molecular weight is 732 g/mol. The Kier molecular flexibility index (Phi) is 7.64. The van der Waals surface area contributed by atoms with Gasteiger partial charge in [0.25, 0.3) is 6.71 Å². The van der Waals surface area contributed by atoms with Gasteiger partial charge < -0.3 is 14.7 Å². The molecular weight excluding hydrogens is 677 g/mol. The van der Waals surface area contributed by atoms with Gasteiger partial charge >= 0.3 is 0 Å². The molecule has 0 spiro atoms. The molecule has 2 unspecified atom stereocenters. The lowest BCUT2D eigenvalue weighted by molar-refractivity contribution is 0.195. The van der Waals surface area contributed by atoms with Crippen molar-refractivity contribution in [3.8, 4) is 0 Å². The highest BCUT2D eigenvalue weighted by Gasteiger charge is 2.61. The first-order valence-electron chi connectivity index (χ1n) is 20.9. The zero-order valence-electron chi connectivity index (χ0n) is 34.4. The summed E-state index contributed by atoms with van der Waals surface area (Å²) >= 11 is 0. The lowest BCUT2D eigenvalue weighted by Crippen LogP contribution is -2.64. The van der Waals surface area contributed by atoms with Crippen LogP contribution in [0.4, 0.5) is 45.5 Å². The first-order chi connectivity index (χ1) is 26.8. The standard InChI is InChI=1S/C52H54BN3/c1-49(2,3)35-23-27-38(28-24-35)54(39-29-25-36(26-30-39)50(4,5)6)40-33-45-47-46(34-40)56-48-41(51(7)31-14-15-32-52(51,56)8)19-16-21-43(48)53(47)42-20-12-13-22-44(42)55(45)37-17-10-9-11-18-37/h9-13,16-30,33-34H,14-15,31-32H2,1-8H3. The van der Waals surface area contributed by atoms with Crippen LogP contribution in [-0.2, 0) is 16.2 Å². The molecule has 3 heterocycles. The van der Waals surface area contributed by atoms with E-state index in [9.17, 15) is 0 Å². The van der Waals surface area contributed by atoms with Crippen LogP contribution in [0, 0.1) is 0 Å². The number of rotatable bonds is 4. The van der Waals surface area contributed by atoms with Gasteiger partial charge in [-0.2, -0.15) is 0 Å². The highest BCUT2D eigenvalue weighted by molar-refractivity contribution is 7.00. The summed E-state index contributed by atoms with van der Waals surface area (Å²) in [6.45, 7) is 19.1. The Morgan fingerprint density at radius 1 is 0.554 bits per heavy atom. The van der Waals surface area contributed by atoms with E-state index in [0.717, 1.165) is 0 Å². The molecule has 0 aromatic heterocycles. The van der Waals surface area contributed by atoms with E-state index in [2.05, 4.69) is 204 Å². The monoisotopic (exact) mass is 731 g/mol. The largest absolute Gasteiger partial charge is 0.335 e. The summed E-state index contributed by atoms with van der Waals surface area (Å²) < 4.78 is 0. The van der Waals surface area contributed by atoms with E-state index in [0.29, 0.717) is 0 Å². The molecule has 3 aliphatic heterocycles. The molecule has 0 N–H and O–H groups in total. The fourth-order valence-electron chi connectivity index (χ4n) is 10.9. The maximum atomic E-state index is 2.84. The van der Waals surface area contributed by atoms with Crippen LogP contribution in [0.25, 0.3) is 0 Å². The molecule has 6 aromatic rings. The lowest BCUT2D eigenvalue weighted by Gasteiger charge is -2.53. The van der Waals surface area contributed by atoms with E-state index >= 15 is 0 Å². The van der Waals surface area contributed by atoms with Gasteiger partial charge in [-0.15, -0.1) is 0 Å². The molecule has 1 fully saturated rings. The van der Waals surface area contributed by atoms with E-state index in [1.165, 1.54) is 104 Å². The molecule has 0 bridgehead atoms. The van der Waals surface area contributed by atoms with Gasteiger partial charge in [0.05, 0.1) is 11.2 Å². The quantitative estimate of drug-likeness (QED) is 0.167. The molecule has 10 rings (SSSR count). The molecule has 0 amide bonds. The van der Waals surface area contributed by atoms with E-state index < -0.39 is 0 Å². The Bertz CT molecular complexity index is 2430.